The highest BCUT2D eigenvalue weighted by Crippen LogP contribution is 2.44. The number of aliphatic hydroxyl groups is 1. The first-order valence-electron chi connectivity index (χ1n) is 10.3. The minimum atomic E-state index is -1.01. The van der Waals surface area contributed by atoms with Crippen molar-refractivity contribution >= 4 is 63.1 Å². The van der Waals surface area contributed by atoms with Crippen molar-refractivity contribution in [3.63, 3.8) is 0 Å². The van der Waals surface area contributed by atoms with Gasteiger partial charge in [-0.25, -0.2) is 9.78 Å². The van der Waals surface area contributed by atoms with Crippen LogP contribution >= 0.6 is 34.5 Å². The van der Waals surface area contributed by atoms with Crippen molar-refractivity contribution in [3.8, 4) is 0 Å². The number of rotatable bonds is 6. The largest absolute Gasteiger partial charge is 0.507 e. The van der Waals surface area contributed by atoms with Gasteiger partial charge in [-0.2, -0.15) is 0 Å². The minimum absolute atomic E-state index is 0.0158. The number of carbonyl (C=O) groups excluding carboxylic acids is 3. The Balaban J connectivity index is 1.88. The summed E-state index contributed by atoms with van der Waals surface area (Å²) in [4.78, 5) is 44.6. The SMILES string of the molecule is C=CCOC(=O)c1sc(N2C(=O)C(=O)/C(=C(/O)c3ccc(Cl)cc3)C2c2ccc(Cl)cc2)nc1C. The summed E-state index contributed by atoms with van der Waals surface area (Å²) in [6.45, 7) is 5.13. The molecule has 35 heavy (non-hydrogen) atoms. The van der Waals surface area contributed by atoms with E-state index in [9.17, 15) is 19.5 Å². The predicted octanol–water partition coefficient (Wildman–Crippen LogP) is 5.73. The lowest BCUT2D eigenvalue weighted by Gasteiger charge is -2.23. The molecule has 0 saturated carbocycles. The van der Waals surface area contributed by atoms with E-state index in [1.165, 1.54) is 11.0 Å². The number of hydrogen-bond acceptors (Lipinski definition) is 7. The van der Waals surface area contributed by atoms with Gasteiger partial charge in [0.05, 0.1) is 17.3 Å². The van der Waals surface area contributed by atoms with Crippen LogP contribution in [0.1, 0.15) is 32.5 Å². The van der Waals surface area contributed by atoms with E-state index in [2.05, 4.69) is 11.6 Å². The van der Waals surface area contributed by atoms with Gasteiger partial charge in [-0.1, -0.05) is 59.3 Å². The number of hydrogen-bond donors (Lipinski definition) is 1. The molecule has 0 spiro atoms. The normalized spacial score (nSPS) is 17.0. The molecule has 4 rings (SSSR count). The zero-order valence-electron chi connectivity index (χ0n) is 18.3. The molecule has 2 aromatic carbocycles. The lowest BCUT2D eigenvalue weighted by Crippen LogP contribution is -2.29. The number of carbonyl (C=O) groups is 3. The molecule has 2 heterocycles. The summed E-state index contributed by atoms with van der Waals surface area (Å²) < 4.78 is 5.10. The predicted molar refractivity (Wildman–Crippen MR) is 135 cm³/mol. The van der Waals surface area contributed by atoms with E-state index in [0.29, 0.717) is 26.9 Å². The summed E-state index contributed by atoms with van der Waals surface area (Å²) in [7, 11) is 0. The molecule has 10 heteroatoms. The van der Waals surface area contributed by atoms with Gasteiger partial charge in [-0.15, -0.1) is 0 Å². The standard InChI is InChI=1S/C25H18Cl2N2O5S/c1-3-12-34-24(33)22-13(2)28-25(35-22)29-19(14-4-8-16(26)9-5-14)18(21(31)23(29)32)20(30)15-6-10-17(27)11-7-15/h3-11,19,30H,1,12H2,2H3/b20-18+. The number of aryl methyl sites for hydroxylation is 1. The average molecular weight is 529 g/mol. The molecule has 0 bridgehead atoms. The van der Waals surface area contributed by atoms with Crippen molar-refractivity contribution in [1.29, 1.82) is 0 Å². The molecule has 1 aromatic heterocycles. The highest BCUT2D eigenvalue weighted by molar-refractivity contribution is 7.17. The van der Waals surface area contributed by atoms with Gasteiger partial charge in [-0.3, -0.25) is 14.5 Å². The van der Waals surface area contributed by atoms with Gasteiger partial charge in [0.15, 0.2) is 5.13 Å². The number of esters is 1. The molecular formula is C25H18Cl2N2O5S. The van der Waals surface area contributed by atoms with Crippen molar-refractivity contribution in [2.24, 2.45) is 0 Å². The van der Waals surface area contributed by atoms with Gasteiger partial charge in [0, 0.05) is 15.6 Å². The van der Waals surface area contributed by atoms with Crippen molar-refractivity contribution in [1.82, 2.24) is 4.98 Å². The van der Waals surface area contributed by atoms with Gasteiger partial charge in [0.1, 0.15) is 17.2 Å². The summed E-state index contributed by atoms with van der Waals surface area (Å²) in [5, 5.41) is 12.1. The quantitative estimate of drug-likeness (QED) is 0.144. The van der Waals surface area contributed by atoms with Crippen LogP contribution in [0.3, 0.4) is 0 Å². The highest BCUT2D eigenvalue weighted by atomic mass is 35.5. The zero-order valence-corrected chi connectivity index (χ0v) is 20.7. The van der Waals surface area contributed by atoms with Gasteiger partial charge < -0.3 is 9.84 Å². The van der Waals surface area contributed by atoms with Gasteiger partial charge in [0.25, 0.3) is 5.78 Å². The Hall–Kier alpha value is -3.46. The summed E-state index contributed by atoms with van der Waals surface area (Å²) in [5.74, 6) is -2.76. The number of thiazole rings is 1. The summed E-state index contributed by atoms with van der Waals surface area (Å²) in [5.41, 5.74) is 1.06. The minimum Gasteiger partial charge on any atom is -0.507 e. The molecule has 1 saturated heterocycles. The number of benzene rings is 2. The second-order valence-electron chi connectivity index (χ2n) is 7.53. The molecule has 7 nitrogen and oxygen atoms in total. The molecule has 1 atom stereocenters. The van der Waals surface area contributed by atoms with Crippen LogP contribution in [0.4, 0.5) is 5.13 Å². The van der Waals surface area contributed by atoms with E-state index < -0.39 is 23.7 Å². The first kappa shape index (κ1) is 24.7. The summed E-state index contributed by atoms with van der Waals surface area (Å²) >= 11 is 12.9. The molecule has 1 amide bonds. The molecule has 1 fully saturated rings. The van der Waals surface area contributed by atoms with Crippen LogP contribution in [0.25, 0.3) is 5.76 Å². The molecule has 0 aliphatic carbocycles. The number of amides is 1. The Morgan fingerprint density at radius 2 is 1.74 bits per heavy atom. The third-order valence-corrected chi connectivity index (χ3v) is 6.90. The fourth-order valence-corrected chi connectivity index (χ4v) is 4.87. The van der Waals surface area contributed by atoms with Crippen LogP contribution in [0.2, 0.25) is 10.0 Å². The zero-order chi connectivity index (χ0) is 25.3. The Morgan fingerprint density at radius 1 is 1.14 bits per heavy atom. The number of ether oxygens (including phenoxy) is 1. The Morgan fingerprint density at radius 3 is 2.34 bits per heavy atom. The number of ketones is 1. The Kier molecular flexibility index (Phi) is 7.07. The molecule has 0 radical (unpaired) electrons. The maximum atomic E-state index is 13.2. The lowest BCUT2D eigenvalue weighted by molar-refractivity contribution is -0.132. The number of aromatic nitrogens is 1. The van der Waals surface area contributed by atoms with E-state index >= 15 is 0 Å². The van der Waals surface area contributed by atoms with E-state index in [-0.39, 0.29) is 27.9 Å². The van der Waals surface area contributed by atoms with Crippen LogP contribution in [-0.2, 0) is 14.3 Å². The number of aliphatic hydroxyl groups excluding tert-OH is 1. The van der Waals surface area contributed by atoms with E-state index in [4.69, 9.17) is 27.9 Å². The Bertz CT molecular complexity index is 1360. The topological polar surface area (TPSA) is 96.8 Å². The third kappa shape index (κ3) is 4.73. The maximum absolute atomic E-state index is 13.2. The molecule has 178 valence electrons. The molecule has 1 aliphatic rings. The van der Waals surface area contributed by atoms with E-state index in [1.807, 2.05) is 0 Å². The number of halogens is 2. The van der Waals surface area contributed by atoms with Gasteiger partial charge in [-0.05, 0) is 48.9 Å². The van der Waals surface area contributed by atoms with Gasteiger partial charge in [0.2, 0.25) is 0 Å². The van der Waals surface area contributed by atoms with Crippen LogP contribution in [0.5, 0.6) is 0 Å². The average Bonchev–Trinajstić information content (AvgIpc) is 3.35. The molecule has 1 unspecified atom stereocenters. The van der Waals surface area contributed by atoms with Crippen molar-refractivity contribution < 1.29 is 24.2 Å². The van der Waals surface area contributed by atoms with Crippen molar-refractivity contribution in [2.45, 2.75) is 13.0 Å². The number of anilines is 1. The number of Topliss-reactive ketones (excluding diaryl/α,β-unsaturated/α-hetero) is 1. The fourth-order valence-electron chi connectivity index (χ4n) is 3.63. The monoisotopic (exact) mass is 528 g/mol. The molecule has 1 N–H and O–H groups in total. The maximum Gasteiger partial charge on any atom is 0.350 e. The van der Waals surface area contributed by atoms with E-state index in [0.717, 1.165) is 11.3 Å². The second kappa shape index (κ2) is 10.0. The van der Waals surface area contributed by atoms with Gasteiger partial charge >= 0.3 is 11.9 Å². The first-order valence-corrected chi connectivity index (χ1v) is 11.9. The van der Waals surface area contributed by atoms with Crippen molar-refractivity contribution in [3.05, 3.63) is 98.5 Å². The third-order valence-electron chi connectivity index (χ3n) is 5.26. The molecular weight excluding hydrogens is 511 g/mol. The molecule has 3 aromatic rings. The smallest absolute Gasteiger partial charge is 0.350 e. The van der Waals surface area contributed by atoms with Crippen LogP contribution in [-0.4, -0.2) is 34.4 Å². The summed E-state index contributed by atoms with van der Waals surface area (Å²) in [6, 6.07) is 11.8. The van der Waals surface area contributed by atoms with Crippen LogP contribution < -0.4 is 4.90 Å². The van der Waals surface area contributed by atoms with Crippen molar-refractivity contribution in [2.75, 3.05) is 11.5 Å². The number of nitrogens with zero attached hydrogens (tertiary/aromatic N) is 2. The van der Waals surface area contributed by atoms with Crippen LogP contribution in [0.15, 0.2) is 66.8 Å². The second-order valence-corrected chi connectivity index (χ2v) is 9.38. The first-order chi connectivity index (χ1) is 16.7. The fraction of sp³-hybridized carbons (Fsp3) is 0.120. The summed E-state index contributed by atoms with van der Waals surface area (Å²) in [6.07, 6.45) is 1.44. The Labute approximate surface area is 214 Å². The van der Waals surface area contributed by atoms with Crippen LogP contribution in [0, 0.1) is 6.92 Å². The van der Waals surface area contributed by atoms with E-state index in [1.54, 1.807) is 55.5 Å². The molecule has 1 aliphatic heterocycles. The lowest BCUT2D eigenvalue weighted by atomic mass is 9.95. The highest BCUT2D eigenvalue weighted by Gasteiger charge is 2.48.